The van der Waals surface area contributed by atoms with E-state index in [1.54, 1.807) is 0 Å². The van der Waals surface area contributed by atoms with Crippen LogP contribution >= 0.6 is 0 Å². The summed E-state index contributed by atoms with van der Waals surface area (Å²) in [6.07, 6.45) is 1.82. The van der Waals surface area contributed by atoms with E-state index in [2.05, 4.69) is 4.90 Å². The monoisotopic (exact) mass is 337 g/mol. The number of benzene rings is 2. The van der Waals surface area contributed by atoms with E-state index in [0.29, 0.717) is 11.3 Å². The van der Waals surface area contributed by atoms with Gasteiger partial charge in [0, 0.05) is 23.7 Å². The van der Waals surface area contributed by atoms with Crippen LogP contribution in [-0.2, 0) is 0 Å². The maximum Gasteiger partial charge on any atom is 0.197 e. The average Bonchev–Trinajstić information content (AvgIpc) is 3.00. The molecule has 128 valence electrons. The third kappa shape index (κ3) is 2.57. The highest BCUT2D eigenvalue weighted by molar-refractivity contribution is 5.88. The Hall–Kier alpha value is -2.79. The summed E-state index contributed by atoms with van der Waals surface area (Å²) in [7, 11) is 1.95. The second kappa shape index (κ2) is 5.93. The van der Waals surface area contributed by atoms with Crippen LogP contribution in [0.1, 0.15) is 24.4 Å². The van der Waals surface area contributed by atoms with Crippen LogP contribution in [0.2, 0.25) is 0 Å². The highest BCUT2D eigenvalue weighted by Crippen LogP contribution is 2.44. The molecule has 0 spiro atoms. The lowest BCUT2D eigenvalue weighted by atomic mass is 9.99. The molecule has 1 aromatic heterocycles. The van der Waals surface area contributed by atoms with E-state index in [-0.39, 0.29) is 33.9 Å². The number of fused-ring (bicyclic) bond motifs is 1. The molecule has 2 heterocycles. The molecule has 4 rings (SSSR count). The molecule has 5 nitrogen and oxygen atoms in total. The van der Waals surface area contributed by atoms with E-state index in [4.69, 9.17) is 4.42 Å². The minimum Gasteiger partial charge on any atom is -0.507 e. The summed E-state index contributed by atoms with van der Waals surface area (Å²) in [5.41, 5.74) is 1.04. The van der Waals surface area contributed by atoms with Crippen molar-refractivity contribution in [1.29, 1.82) is 0 Å². The zero-order valence-electron chi connectivity index (χ0n) is 13.9. The summed E-state index contributed by atoms with van der Waals surface area (Å²) in [5.74, 6) is 0.182. The van der Waals surface area contributed by atoms with E-state index in [9.17, 15) is 15.0 Å². The lowest BCUT2D eigenvalue weighted by Crippen LogP contribution is -2.18. The van der Waals surface area contributed by atoms with Gasteiger partial charge in [0.15, 0.2) is 5.43 Å². The van der Waals surface area contributed by atoms with E-state index >= 15 is 0 Å². The van der Waals surface area contributed by atoms with Gasteiger partial charge >= 0.3 is 0 Å². The van der Waals surface area contributed by atoms with Gasteiger partial charge in [0.05, 0.1) is 5.56 Å². The van der Waals surface area contributed by atoms with Gasteiger partial charge in [-0.25, -0.2) is 0 Å². The van der Waals surface area contributed by atoms with Gasteiger partial charge in [-0.05, 0) is 26.4 Å². The number of nitrogens with zero attached hydrogens (tertiary/aromatic N) is 1. The Morgan fingerprint density at radius 1 is 1.16 bits per heavy atom. The standard InChI is InChI=1S/C20H19NO4/c1-21-9-5-8-13(21)18-14(22)11-17-19(20(18)24)15(23)10-16(25-17)12-6-3-2-4-7-12/h2-4,6-7,10-11,13,22,24H,5,8-9H2,1H3/t13-/m1/s1. The first kappa shape index (κ1) is 15.7. The van der Waals surface area contributed by atoms with Gasteiger partial charge in [-0.1, -0.05) is 30.3 Å². The highest BCUT2D eigenvalue weighted by atomic mass is 16.3. The molecule has 1 saturated heterocycles. The number of hydrogen-bond donors (Lipinski definition) is 2. The topological polar surface area (TPSA) is 73.9 Å². The van der Waals surface area contributed by atoms with Crippen molar-refractivity contribution in [2.75, 3.05) is 13.6 Å². The van der Waals surface area contributed by atoms with Crippen molar-refractivity contribution < 1.29 is 14.6 Å². The van der Waals surface area contributed by atoms with E-state index in [1.165, 1.54) is 12.1 Å². The van der Waals surface area contributed by atoms with Gasteiger partial charge in [-0.15, -0.1) is 0 Å². The van der Waals surface area contributed by atoms with Gasteiger partial charge in [-0.3, -0.25) is 9.69 Å². The Bertz CT molecular complexity index is 994. The SMILES string of the molecule is CN1CCC[C@@H]1c1c(O)cc2oc(-c3ccccc3)cc(=O)c2c1O. The maximum absolute atomic E-state index is 12.6. The number of likely N-dealkylation sites (tertiary alicyclic amines) is 1. The smallest absolute Gasteiger partial charge is 0.197 e. The molecule has 2 aromatic carbocycles. The number of phenolic OH excluding ortho intramolecular Hbond substituents is 2. The van der Waals surface area contributed by atoms with Crippen molar-refractivity contribution in [3.63, 3.8) is 0 Å². The van der Waals surface area contributed by atoms with Crippen LogP contribution in [0.5, 0.6) is 11.5 Å². The predicted molar refractivity (Wildman–Crippen MR) is 95.9 cm³/mol. The van der Waals surface area contributed by atoms with Gasteiger partial charge in [0.2, 0.25) is 0 Å². The Morgan fingerprint density at radius 3 is 2.60 bits per heavy atom. The number of rotatable bonds is 2. The van der Waals surface area contributed by atoms with Crippen LogP contribution in [0.3, 0.4) is 0 Å². The second-order valence-corrected chi connectivity index (χ2v) is 6.51. The summed E-state index contributed by atoms with van der Waals surface area (Å²) in [4.78, 5) is 14.7. The molecule has 0 unspecified atom stereocenters. The molecule has 1 aliphatic rings. The first-order valence-electron chi connectivity index (χ1n) is 8.34. The summed E-state index contributed by atoms with van der Waals surface area (Å²) in [5, 5.41) is 21.3. The van der Waals surface area contributed by atoms with Crippen LogP contribution in [0.4, 0.5) is 0 Å². The summed E-state index contributed by atoms with van der Waals surface area (Å²) in [6, 6.07) is 12.0. The quantitative estimate of drug-likeness (QED) is 0.747. The molecule has 2 N–H and O–H groups in total. The Kier molecular flexibility index (Phi) is 3.73. The first-order valence-corrected chi connectivity index (χ1v) is 8.34. The van der Waals surface area contributed by atoms with Crippen molar-refractivity contribution in [3.8, 4) is 22.8 Å². The minimum absolute atomic E-state index is 0.0443. The lowest BCUT2D eigenvalue weighted by molar-refractivity contribution is 0.300. The summed E-state index contributed by atoms with van der Waals surface area (Å²) >= 11 is 0. The molecule has 0 radical (unpaired) electrons. The fourth-order valence-corrected chi connectivity index (χ4v) is 3.65. The summed E-state index contributed by atoms with van der Waals surface area (Å²) in [6.45, 7) is 0.892. The van der Waals surface area contributed by atoms with Crippen molar-refractivity contribution >= 4 is 11.0 Å². The number of aromatic hydroxyl groups is 2. The Morgan fingerprint density at radius 2 is 1.92 bits per heavy atom. The van der Waals surface area contributed by atoms with Crippen molar-refractivity contribution in [2.45, 2.75) is 18.9 Å². The van der Waals surface area contributed by atoms with Gasteiger partial charge < -0.3 is 14.6 Å². The number of hydrogen-bond acceptors (Lipinski definition) is 5. The molecule has 5 heteroatoms. The number of phenols is 2. The van der Waals surface area contributed by atoms with E-state index in [0.717, 1.165) is 24.9 Å². The van der Waals surface area contributed by atoms with E-state index < -0.39 is 0 Å². The largest absolute Gasteiger partial charge is 0.507 e. The molecule has 1 aliphatic heterocycles. The lowest BCUT2D eigenvalue weighted by Gasteiger charge is -2.22. The molecule has 0 bridgehead atoms. The molecular weight excluding hydrogens is 318 g/mol. The normalized spacial score (nSPS) is 18.0. The first-order chi connectivity index (χ1) is 12.1. The molecule has 25 heavy (non-hydrogen) atoms. The predicted octanol–water partition coefficient (Wildman–Crippen LogP) is 3.64. The summed E-state index contributed by atoms with van der Waals surface area (Å²) < 4.78 is 5.80. The third-order valence-electron chi connectivity index (χ3n) is 4.92. The second-order valence-electron chi connectivity index (χ2n) is 6.51. The molecule has 0 saturated carbocycles. The maximum atomic E-state index is 12.6. The highest BCUT2D eigenvalue weighted by Gasteiger charge is 2.30. The fraction of sp³-hybridized carbons (Fsp3) is 0.250. The zero-order valence-corrected chi connectivity index (χ0v) is 13.9. The van der Waals surface area contributed by atoms with Crippen LogP contribution in [-0.4, -0.2) is 28.7 Å². The van der Waals surface area contributed by atoms with Gasteiger partial charge in [0.25, 0.3) is 0 Å². The van der Waals surface area contributed by atoms with Crippen LogP contribution < -0.4 is 5.43 Å². The fourth-order valence-electron chi connectivity index (χ4n) is 3.65. The molecule has 3 aromatic rings. The molecule has 0 aliphatic carbocycles. The third-order valence-corrected chi connectivity index (χ3v) is 4.92. The van der Waals surface area contributed by atoms with E-state index in [1.807, 2.05) is 37.4 Å². The molecule has 1 fully saturated rings. The van der Waals surface area contributed by atoms with Crippen LogP contribution in [0.25, 0.3) is 22.3 Å². The van der Waals surface area contributed by atoms with Crippen molar-refractivity contribution in [2.24, 2.45) is 0 Å². The van der Waals surface area contributed by atoms with Gasteiger partial charge in [0.1, 0.15) is 28.2 Å². The van der Waals surface area contributed by atoms with Crippen LogP contribution in [0.15, 0.2) is 51.7 Å². The zero-order chi connectivity index (χ0) is 17.6. The Balaban J connectivity index is 1.94. The van der Waals surface area contributed by atoms with Crippen LogP contribution in [0, 0.1) is 0 Å². The van der Waals surface area contributed by atoms with Crippen molar-refractivity contribution in [3.05, 3.63) is 58.3 Å². The minimum atomic E-state index is -0.320. The van der Waals surface area contributed by atoms with Crippen molar-refractivity contribution in [1.82, 2.24) is 4.90 Å². The molecular formula is C20H19NO4. The average molecular weight is 337 g/mol. The molecule has 0 amide bonds. The molecule has 1 atom stereocenters. The van der Waals surface area contributed by atoms with Gasteiger partial charge in [-0.2, -0.15) is 0 Å². The Labute approximate surface area is 144 Å².